The minimum absolute atomic E-state index is 0.0124. The predicted molar refractivity (Wildman–Crippen MR) is 95.6 cm³/mol. The second-order valence-corrected chi connectivity index (χ2v) is 7.92. The van der Waals surface area contributed by atoms with Crippen LogP contribution in [0.5, 0.6) is 0 Å². The minimum atomic E-state index is -3.46. The van der Waals surface area contributed by atoms with Crippen LogP contribution >= 0.6 is 11.6 Å². The van der Waals surface area contributed by atoms with Crippen LogP contribution in [0.4, 0.5) is 0 Å². The molecule has 2 aromatic carbocycles. The number of rotatable bonds is 5. The van der Waals surface area contributed by atoms with Gasteiger partial charge in [0.2, 0.25) is 5.89 Å². The standard InChI is InChI=1S/C18H14ClNO5S/c1-26(22,23)14-7-8-16(19)15(9-14)18(21)25-11-13-10-24-17(20-13)12-5-3-2-4-6-12/h2-10H,11H2,1H3. The van der Waals surface area contributed by atoms with Crippen molar-refractivity contribution in [3.05, 3.63) is 71.1 Å². The Morgan fingerprint density at radius 2 is 1.92 bits per heavy atom. The van der Waals surface area contributed by atoms with E-state index in [1.54, 1.807) is 0 Å². The van der Waals surface area contributed by atoms with Crippen LogP contribution in [0, 0.1) is 0 Å². The molecule has 0 saturated heterocycles. The van der Waals surface area contributed by atoms with Crippen LogP contribution in [-0.2, 0) is 21.2 Å². The molecule has 3 aromatic rings. The third-order valence-electron chi connectivity index (χ3n) is 3.51. The van der Waals surface area contributed by atoms with Gasteiger partial charge in [-0.1, -0.05) is 29.8 Å². The predicted octanol–water partition coefficient (Wildman–Crippen LogP) is 3.76. The van der Waals surface area contributed by atoms with Crippen molar-refractivity contribution in [2.45, 2.75) is 11.5 Å². The molecule has 1 aromatic heterocycles. The molecule has 134 valence electrons. The van der Waals surface area contributed by atoms with Gasteiger partial charge in [0.25, 0.3) is 0 Å². The van der Waals surface area contributed by atoms with Crippen LogP contribution in [0.3, 0.4) is 0 Å². The van der Waals surface area contributed by atoms with E-state index in [1.807, 2.05) is 30.3 Å². The van der Waals surface area contributed by atoms with Gasteiger partial charge in [-0.3, -0.25) is 0 Å². The summed E-state index contributed by atoms with van der Waals surface area (Å²) in [5.74, 6) is -0.335. The number of hydrogen-bond donors (Lipinski definition) is 0. The van der Waals surface area contributed by atoms with Crippen molar-refractivity contribution in [1.29, 1.82) is 0 Å². The number of ether oxygens (including phenoxy) is 1. The molecule has 0 bridgehead atoms. The molecule has 8 heteroatoms. The molecule has 0 N–H and O–H groups in total. The zero-order valence-corrected chi connectivity index (χ0v) is 15.3. The van der Waals surface area contributed by atoms with E-state index in [4.69, 9.17) is 20.8 Å². The minimum Gasteiger partial charge on any atom is -0.455 e. The smallest absolute Gasteiger partial charge is 0.340 e. The zero-order valence-electron chi connectivity index (χ0n) is 13.7. The summed E-state index contributed by atoms with van der Waals surface area (Å²) in [5.41, 5.74) is 1.20. The number of sulfone groups is 1. The van der Waals surface area contributed by atoms with Gasteiger partial charge in [0.05, 0.1) is 15.5 Å². The second kappa shape index (κ2) is 7.31. The van der Waals surface area contributed by atoms with Crippen molar-refractivity contribution in [3.8, 4) is 11.5 Å². The Hall–Kier alpha value is -2.64. The van der Waals surface area contributed by atoms with E-state index in [-0.39, 0.29) is 22.1 Å². The zero-order chi connectivity index (χ0) is 18.7. The van der Waals surface area contributed by atoms with Crippen molar-refractivity contribution in [1.82, 2.24) is 4.98 Å². The Labute approximate surface area is 155 Å². The van der Waals surface area contributed by atoms with Gasteiger partial charge in [-0.05, 0) is 30.3 Å². The second-order valence-electron chi connectivity index (χ2n) is 5.50. The van der Waals surface area contributed by atoms with Gasteiger partial charge >= 0.3 is 5.97 Å². The quantitative estimate of drug-likeness (QED) is 0.615. The molecule has 0 amide bonds. The number of carbonyl (C=O) groups is 1. The van der Waals surface area contributed by atoms with E-state index < -0.39 is 15.8 Å². The summed E-state index contributed by atoms with van der Waals surface area (Å²) in [6.07, 6.45) is 2.44. The maximum atomic E-state index is 12.2. The van der Waals surface area contributed by atoms with Gasteiger partial charge < -0.3 is 9.15 Å². The maximum absolute atomic E-state index is 12.2. The number of nitrogens with zero attached hydrogens (tertiary/aromatic N) is 1. The average molecular weight is 392 g/mol. The first-order chi connectivity index (χ1) is 12.3. The van der Waals surface area contributed by atoms with E-state index in [1.165, 1.54) is 24.5 Å². The molecule has 0 spiro atoms. The molecule has 0 aliphatic carbocycles. The summed E-state index contributed by atoms with van der Waals surface area (Å²) in [4.78, 5) is 16.5. The van der Waals surface area contributed by atoms with Crippen molar-refractivity contribution < 1.29 is 22.4 Å². The van der Waals surface area contributed by atoms with E-state index in [9.17, 15) is 13.2 Å². The number of oxazole rings is 1. The molecular formula is C18H14ClNO5S. The van der Waals surface area contributed by atoms with Gasteiger partial charge in [-0.15, -0.1) is 0 Å². The summed E-state index contributed by atoms with van der Waals surface area (Å²) in [5, 5.41) is 0.104. The molecule has 0 saturated carbocycles. The van der Waals surface area contributed by atoms with Crippen LogP contribution < -0.4 is 0 Å². The number of carbonyl (C=O) groups excluding carboxylic acids is 1. The molecule has 1 heterocycles. The van der Waals surface area contributed by atoms with Gasteiger partial charge in [-0.2, -0.15) is 0 Å². The Balaban J connectivity index is 1.73. The normalized spacial score (nSPS) is 11.3. The summed E-state index contributed by atoms with van der Waals surface area (Å²) in [6, 6.07) is 13.2. The van der Waals surface area contributed by atoms with Crippen molar-refractivity contribution in [2.75, 3.05) is 6.26 Å². The molecule has 6 nitrogen and oxygen atoms in total. The average Bonchev–Trinajstić information content (AvgIpc) is 3.09. The van der Waals surface area contributed by atoms with Crippen molar-refractivity contribution in [3.63, 3.8) is 0 Å². The van der Waals surface area contributed by atoms with Gasteiger partial charge in [0, 0.05) is 11.8 Å². The van der Waals surface area contributed by atoms with Crippen LogP contribution in [0.25, 0.3) is 11.5 Å². The van der Waals surface area contributed by atoms with E-state index >= 15 is 0 Å². The summed E-state index contributed by atoms with van der Waals surface area (Å²) >= 11 is 5.98. The molecule has 26 heavy (non-hydrogen) atoms. The lowest BCUT2D eigenvalue weighted by molar-refractivity contribution is 0.0467. The summed E-state index contributed by atoms with van der Waals surface area (Å²) in [6.45, 7) is -0.130. The molecular weight excluding hydrogens is 378 g/mol. The van der Waals surface area contributed by atoms with Crippen molar-refractivity contribution >= 4 is 27.4 Å². The fourth-order valence-corrected chi connectivity index (χ4v) is 3.04. The van der Waals surface area contributed by atoms with E-state index in [0.717, 1.165) is 11.8 Å². The fraction of sp³-hybridized carbons (Fsp3) is 0.111. The molecule has 0 aliphatic rings. The Morgan fingerprint density at radius 3 is 2.62 bits per heavy atom. The molecule has 0 fully saturated rings. The third-order valence-corrected chi connectivity index (χ3v) is 4.95. The Morgan fingerprint density at radius 1 is 1.19 bits per heavy atom. The van der Waals surface area contributed by atoms with Crippen molar-refractivity contribution in [2.24, 2.45) is 0 Å². The SMILES string of the molecule is CS(=O)(=O)c1ccc(Cl)c(C(=O)OCc2coc(-c3ccccc3)n2)c1. The maximum Gasteiger partial charge on any atom is 0.340 e. The number of halogens is 1. The highest BCUT2D eigenvalue weighted by Gasteiger charge is 2.17. The largest absolute Gasteiger partial charge is 0.455 e. The number of esters is 1. The van der Waals surface area contributed by atoms with E-state index in [2.05, 4.69) is 4.98 Å². The molecule has 0 aliphatic heterocycles. The monoisotopic (exact) mass is 391 g/mol. The van der Waals surface area contributed by atoms with E-state index in [0.29, 0.717) is 11.6 Å². The molecule has 0 atom stereocenters. The lowest BCUT2D eigenvalue weighted by atomic mass is 10.2. The highest BCUT2D eigenvalue weighted by Crippen LogP contribution is 2.22. The first-order valence-electron chi connectivity index (χ1n) is 7.51. The molecule has 3 rings (SSSR count). The highest BCUT2D eigenvalue weighted by molar-refractivity contribution is 7.90. The highest BCUT2D eigenvalue weighted by atomic mass is 35.5. The van der Waals surface area contributed by atoms with Gasteiger partial charge in [0.1, 0.15) is 18.6 Å². The Bertz CT molecular complexity index is 1040. The van der Waals surface area contributed by atoms with Gasteiger partial charge in [0.15, 0.2) is 9.84 Å². The molecule has 0 radical (unpaired) electrons. The van der Waals surface area contributed by atoms with Crippen LogP contribution in [0.15, 0.2) is 64.1 Å². The lowest BCUT2D eigenvalue weighted by Crippen LogP contribution is -2.08. The van der Waals surface area contributed by atoms with Crippen LogP contribution in [-0.4, -0.2) is 25.6 Å². The topological polar surface area (TPSA) is 86.5 Å². The van der Waals surface area contributed by atoms with Crippen LogP contribution in [0.1, 0.15) is 16.1 Å². The Kier molecular flexibility index (Phi) is 5.11. The fourth-order valence-electron chi connectivity index (χ4n) is 2.20. The summed E-state index contributed by atoms with van der Waals surface area (Å²) in [7, 11) is -3.46. The first kappa shape index (κ1) is 18.2. The van der Waals surface area contributed by atoms with Gasteiger partial charge in [-0.25, -0.2) is 18.2 Å². The first-order valence-corrected chi connectivity index (χ1v) is 9.78. The number of hydrogen-bond acceptors (Lipinski definition) is 6. The number of aromatic nitrogens is 1. The number of benzene rings is 2. The van der Waals surface area contributed by atoms with Crippen LogP contribution in [0.2, 0.25) is 5.02 Å². The molecule has 0 unspecified atom stereocenters. The lowest BCUT2D eigenvalue weighted by Gasteiger charge is -2.06. The third kappa shape index (κ3) is 4.12. The summed E-state index contributed by atoms with van der Waals surface area (Å²) < 4.78 is 33.8.